The van der Waals surface area contributed by atoms with Crippen molar-refractivity contribution < 1.29 is 4.79 Å². The summed E-state index contributed by atoms with van der Waals surface area (Å²) in [5.74, 6) is 1.55. The van der Waals surface area contributed by atoms with Crippen molar-refractivity contribution in [2.24, 2.45) is 5.92 Å². The van der Waals surface area contributed by atoms with E-state index >= 15 is 0 Å². The van der Waals surface area contributed by atoms with Gasteiger partial charge in [0.25, 0.3) is 0 Å². The van der Waals surface area contributed by atoms with Gasteiger partial charge in [0.1, 0.15) is 5.82 Å². The number of amides is 1. The van der Waals surface area contributed by atoms with E-state index in [0.717, 1.165) is 76.5 Å². The van der Waals surface area contributed by atoms with Gasteiger partial charge < -0.3 is 14.4 Å². The Kier molecular flexibility index (Phi) is 6.59. The first kappa shape index (κ1) is 22.9. The number of piperidine rings is 1. The van der Waals surface area contributed by atoms with Gasteiger partial charge >= 0.3 is 0 Å². The Bertz CT molecular complexity index is 1140. The number of benzene rings is 2. The molecule has 34 heavy (non-hydrogen) atoms. The first-order valence-electron chi connectivity index (χ1n) is 12.8. The van der Waals surface area contributed by atoms with Gasteiger partial charge in [-0.3, -0.25) is 9.69 Å². The summed E-state index contributed by atoms with van der Waals surface area (Å²) in [4.78, 5) is 25.4. The third-order valence-corrected chi connectivity index (χ3v) is 7.62. The Morgan fingerprint density at radius 2 is 1.71 bits per heavy atom. The smallest absolute Gasteiger partial charge is 0.227 e. The predicted molar refractivity (Wildman–Crippen MR) is 138 cm³/mol. The zero-order valence-electron chi connectivity index (χ0n) is 20.8. The number of carbonyl (C=O) groups excluding carboxylic acids is 1. The summed E-state index contributed by atoms with van der Waals surface area (Å²) in [7, 11) is 0. The molecule has 6 heteroatoms. The maximum Gasteiger partial charge on any atom is 0.227 e. The molecule has 1 aromatic heterocycles. The molecule has 1 atom stereocenters. The molecule has 3 aromatic rings. The molecule has 2 aliphatic rings. The van der Waals surface area contributed by atoms with Gasteiger partial charge in [0, 0.05) is 45.0 Å². The Morgan fingerprint density at radius 3 is 2.44 bits per heavy atom. The molecule has 180 valence electrons. The van der Waals surface area contributed by atoms with E-state index in [0.29, 0.717) is 5.91 Å². The minimum atomic E-state index is 0.0972. The normalized spacial score (nSPS) is 19.7. The van der Waals surface area contributed by atoms with E-state index in [-0.39, 0.29) is 5.92 Å². The van der Waals surface area contributed by atoms with Crippen LogP contribution in [0.25, 0.3) is 11.0 Å². The number of likely N-dealkylation sites (tertiary alicyclic amines) is 1. The number of aromatic nitrogens is 2. The molecule has 0 bridgehead atoms. The molecule has 0 saturated carbocycles. The van der Waals surface area contributed by atoms with Crippen LogP contribution in [0.15, 0.2) is 42.5 Å². The number of anilines is 1. The fraction of sp³-hybridized carbons (Fsp3) is 0.500. The predicted octanol–water partition coefficient (Wildman–Crippen LogP) is 4.23. The van der Waals surface area contributed by atoms with Crippen molar-refractivity contribution in [2.45, 2.75) is 46.7 Å². The summed E-state index contributed by atoms with van der Waals surface area (Å²) >= 11 is 0. The highest BCUT2D eigenvalue weighted by Gasteiger charge is 2.32. The first-order chi connectivity index (χ1) is 16.5. The molecule has 3 heterocycles. The van der Waals surface area contributed by atoms with E-state index in [1.807, 2.05) is 0 Å². The van der Waals surface area contributed by atoms with Gasteiger partial charge in [-0.25, -0.2) is 4.98 Å². The quantitative estimate of drug-likeness (QED) is 0.573. The second-order valence-corrected chi connectivity index (χ2v) is 9.89. The Labute approximate surface area is 203 Å². The molecule has 2 fully saturated rings. The van der Waals surface area contributed by atoms with Gasteiger partial charge in [0.2, 0.25) is 5.91 Å². The summed E-state index contributed by atoms with van der Waals surface area (Å²) < 4.78 is 2.31. The van der Waals surface area contributed by atoms with E-state index in [4.69, 9.17) is 4.98 Å². The van der Waals surface area contributed by atoms with E-state index in [1.165, 1.54) is 22.3 Å². The van der Waals surface area contributed by atoms with Crippen LogP contribution in [0.4, 0.5) is 5.69 Å². The number of hydrogen-bond donors (Lipinski definition) is 0. The van der Waals surface area contributed by atoms with E-state index in [2.05, 4.69) is 82.5 Å². The largest absolute Gasteiger partial charge is 0.368 e. The van der Waals surface area contributed by atoms with Crippen LogP contribution >= 0.6 is 0 Å². The molecule has 0 N–H and O–H groups in total. The zero-order chi connectivity index (χ0) is 23.7. The van der Waals surface area contributed by atoms with Gasteiger partial charge in [-0.1, -0.05) is 30.3 Å². The van der Waals surface area contributed by atoms with Crippen molar-refractivity contribution in [1.82, 2.24) is 19.4 Å². The van der Waals surface area contributed by atoms with Crippen LogP contribution in [-0.4, -0.2) is 64.5 Å². The van der Waals surface area contributed by atoms with Crippen LogP contribution in [-0.2, 0) is 17.9 Å². The monoisotopic (exact) mass is 459 g/mol. The zero-order valence-corrected chi connectivity index (χ0v) is 20.8. The fourth-order valence-corrected chi connectivity index (χ4v) is 5.91. The van der Waals surface area contributed by atoms with Crippen LogP contribution in [0, 0.1) is 19.8 Å². The molecule has 2 aliphatic heterocycles. The van der Waals surface area contributed by atoms with Gasteiger partial charge in [-0.05, 0) is 63.4 Å². The lowest BCUT2D eigenvalue weighted by Gasteiger charge is -2.40. The molecule has 0 unspecified atom stereocenters. The lowest BCUT2D eigenvalue weighted by molar-refractivity contribution is -0.137. The summed E-state index contributed by atoms with van der Waals surface area (Å²) in [6.45, 7) is 13.6. The molecule has 5 rings (SSSR count). The maximum atomic E-state index is 13.5. The lowest BCUT2D eigenvalue weighted by Crippen LogP contribution is -2.52. The van der Waals surface area contributed by atoms with E-state index in [9.17, 15) is 4.79 Å². The molecule has 6 nitrogen and oxygen atoms in total. The number of rotatable bonds is 5. The van der Waals surface area contributed by atoms with Crippen molar-refractivity contribution in [3.63, 3.8) is 0 Å². The topological polar surface area (TPSA) is 44.6 Å². The average Bonchev–Trinajstić information content (AvgIpc) is 3.21. The van der Waals surface area contributed by atoms with Crippen molar-refractivity contribution in [2.75, 3.05) is 44.2 Å². The Balaban J connectivity index is 1.21. The number of fused-ring (bicyclic) bond motifs is 1. The van der Waals surface area contributed by atoms with Crippen molar-refractivity contribution in [3.05, 3.63) is 59.4 Å². The highest BCUT2D eigenvalue weighted by atomic mass is 16.2. The number of hydrogen-bond acceptors (Lipinski definition) is 4. The molecular weight excluding hydrogens is 422 g/mol. The summed E-state index contributed by atoms with van der Waals surface area (Å²) in [6.07, 6.45) is 2.07. The molecular formula is C28H37N5O. The SMILES string of the molecule is CCn1c(CN2CCC[C@H](C(=O)N3CCN(c4c(C)cccc4C)CC3)C2)nc2ccccc21. The molecule has 2 aromatic carbocycles. The number of imidazole rings is 1. The summed E-state index contributed by atoms with van der Waals surface area (Å²) in [5.41, 5.74) is 6.25. The van der Waals surface area contributed by atoms with E-state index in [1.54, 1.807) is 0 Å². The number of piperazine rings is 1. The first-order valence-corrected chi connectivity index (χ1v) is 12.8. The van der Waals surface area contributed by atoms with Crippen LogP contribution in [0.1, 0.15) is 36.7 Å². The number of para-hydroxylation sites is 3. The third-order valence-electron chi connectivity index (χ3n) is 7.62. The number of aryl methyl sites for hydroxylation is 3. The Hall–Kier alpha value is -2.86. The highest BCUT2D eigenvalue weighted by Crippen LogP contribution is 2.27. The summed E-state index contributed by atoms with van der Waals surface area (Å²) in [5, 5.41) is 0. The molecule has 0 aliphatic carbocycles. The molecule has 2 saturated heterocycles. The second-order valence-electron chi connectivity index (χ2n) is 9.89. The standard InChI is InChI=1S/C28H37N5O/c1-4-33-25-13-6-5-12-24(25)29-26(33)20-30-14-8-11-23(19-30)28(34)32-17-15-31(16-18-32)27-21(2)9-7-10-22(27)3/h5-7,9-10,12-13,23H,4,8,11,14-20H2,1-3H3/t23-/m0/s1. The van der Waals surface area contributed by atoms with Crippen LogP contribution < -0.4 is 4.90 Å². The van der Waals surface area contributed by atoms with E-state index < -0.39 is 0 Å². The fourth-order valence-electron chi connectivity index (χ4n) is 5.91. The summed E-state index contributed by atoms with van der Waals surface area (Å²) in [6, 6.07) is 14.9. The van der Waals surface area contributed by atoms with Gasteiger partial charge in [0.15, 0.2) is 0 Å². The average molecular weight is 460 g/mol. The minimum absolute atomic E-state index is 0.0972. The van der Waals surface area contributed by atoms with Crippen LogP contribution in [0.3, 0.4) is 0 Å². The van der Waals surface area contributed by atoms with Crippen molar-refractivity contribution in [3.8, 4) is 0 Å². The van der Waals surface area contributed by atoms with Crippen LogP contribution in [0.5, 0.6) is 0 Å². The van der Waals surface area contributed by atoms with Gasteiger partial charge in [0.05, 0.1) is 23.5 Å². The van der Waals surface area contributed by atoms with Crippen molar-refractivity contribution in [1.29, 1.82) is 0 Å². The van der Waals surface area contributed by atoms with Crippen LogP contribution in [0.2, 0.25) is 0 Å². The van der Waals surface area contributed by atoms with Crippen molar-refractivity contribution >= 4 is 22.6 Å². The molecule has 0 spiro atoms. The maximum absolute atomic E-state index is 13.5. The highest BCUT2D eigenvalue weighted by molar-refractivity contribution is 5.79. The molecule has 1 amide bonds. The molecule has 0 radical (unpaired) electrons. The lowest BCUT2D eigenvalue weighted by atomic mass is 9.96. The number of nitrogens with zero attached hydrogens (tertiary/aromatic N) is 5. The Morgan fingerprint density at radius 1 is 0.971 bits per heavy atom. The number of carbonyl (C=O) groups is 1. The second kappa shape index (κ2) is 9.79. The van der Waals surface area contributed by atoms with Gasteiger partial charge in [-0.2, -0.15) is 0 Å². The van der Waals surface area contributed by atoms with Gasteiger partial charge in [-0.15, -0.1) is 0 Å². The third kappa shape index (κ3) is 4.43. The minimum Gasteiger partial charge on any atom is -0.368 e.